The summed E-state index contributed by atoms with van der Waals surface area (Å²) in [5, 5.41) is 11.5. The molecule has 29 heavy (non-hydrogen) atoms. The highest BCUT2D eigenvalue weighted by molar-refractivity contribution is 8.00. The van der Waals surface area contributed by atoms with E-state index in [4.69, 9.17) is 0 Å². The van der Waals surface area contributed by atoms with Crippen LogP contribution in [-0.4, -0.2) is 32.5 Å². The molecule has 0 fully saturated rings. The summed E-state index contributed by atoms with van der Waals surface area (Å²) in [6, 6.07) is 16.6. The van der Waals surface area contributed by atoms with Crippen molar-refractivity contribution in [2.24, 2.45) is 7.05 Å². The van der Waals surface area contributed by atoms with Gasteiger partial charge in [-0.3, -0.25) is 4.79 Å². The summed E-state index contributed by atoms with van der Waals surface area (Å²) >= 11 is 1.31. The Hall–Kier alpha value is -2.67. The number of amides is 1. The van der Waals surface area contributed by atoms with Crippen molar-refractivity contribution in [3.63, 3.8) is 0 Å². The smallest absolute Gasteiger partial charge is 0.233 e. The summed E-state index contributed by atoms with van der Waals surface area (Å²) in [6.45, 7) is 4.54. The molecular formula is C22H25FN4OS. The van der Waals surface area contributed by atoms with Crippen LogP contribution in [0, 0.1) is 5.82 Å². The number of thioether (sulfide) groups is 1. The zero-order chi connectivity index (χ0) is 20.8. The summed E-state index contributed by atoms with van der Waals surface area (Å²) < 4.78 is 15.8. The first-order chi connectivity index (χ1) is 14.0. The molecule has 1 N–H and O–H groups in total. The number of aromatic nitrogens is 3. The van der Waals surface area contributed by atoms with Gasteiger partial charge in [0.15, 0.2) is 11.0 Å². The number of nitrogens with one attached hydrogen (secondary N) is 1. The van der Waals surface area contributed by atoms with Crippen LogP contribution in [0.25, 0.3) is 11.4 Å². The Kier molecular flexibility index (Phi) is 7.04. The fourth-order valence-corrected chi connectivity index (χ4v) is 3.94. The maximum Gasteiger partial charge on any atom is 0.233 e. The van der Waals surface area contributed by atoms with Gasteiger partial charge in [0.05, 0.1) is 10.8 Å². The Labute approximate surface area is 174 Å². The van der Waals surface area contributed by atoms with Crippen molar-refractivity contribution >= 4 is 17.7 Å². The van der Waals surface area contributed by atoms with E-state index in [9.17, 15) is 9.18 Å². The fraction of sp³-hybridized carbons (Fsp3) is 0.318. The molecule has 0 aliphatic heterocycles. The molecule has 2 aromatic carbocycles. The third-order valence-electron chi connectivity index (χ3n) is 4.89. The van der Waals surface area contributed by atoms with Gasteiger partial charge in [-0.2, -0.15) is 0 Å². The molecule has 1 aromatic heterocycles. The predicted molar refractivity (Wildman–Crippen MR) is 114 cm³/mol. The van der Waals surface area contributed by atoms with Crippen LogP contribution >= 0.6 is 11.8 Å². The first-order valence-electron chi connectivity index (χ1n) is 9.64. The molecule has 5 nitrogen and oxygen atoms in total. The number of nitrogens with zero attached hydrogens (tertiary/aromatic N) is 3. The van der Waals surface area contributed by atoms with Gasteiger partial charge in [0.2, 0.25) is 5.91 Å². The molecule has 1 heterocycles. The third kappa shape index (κ3) is 5.03. The van der Waals surface area contributed by atoms with E-state index in [0.29, 0.717) is 23.1 Å². The molecule has 7 heteroatoms. The molecule has 0 saturated heterocycles. The van der Waals surface area contributed by atoms with Crippen LogP contribution in [-0.2, 0) is 11.8 Å². The minimum Gasteiger partial charge on any atom is -0.355 e. The number of carbonyl (C=O) groups excluding carboxylic acids is 1. The normalized spacial score (nSPS) is 13.1. The number of carbonyl (C=O) groups is 1. The second-order valence-electron chi connectivity index (χ2n) is 6.87. The Morgan fingerprint density at radius 3 is 2.52 bits per heavy atom. The fourth-order valence-electron chi connectivity index (χ4n) is 3.10. The van der Waals surface area contributed by atoms with Crippen LogP contribution in [0.15, 0.2) is 59.8 Å². The SMILES string of the molecule is CC[C@@H](CNC(=O)[C@H](C)Sc1nnc(-c2ccccc2F)n1C)c1ccccc1. The number of hydrogen-bond donors (Lipinski definition) is 1. The highest BCUT2D eigenvalue weighted by atomic mass is 32.2. The van der Waals surface area contributed by atoms with Gasteiger partial charge in [-0.05, 0) is 31.0 Å². The first kappa shape index (κ1) is 21.0. The Morgan fingerprint density at radius 2 is 1.83 bits per heavy atom. The molecule has 152 valence electrons. The van der Waals surface area contributed by atoms with Gasteiger partial charge < -0.3 is 9.88 Å². The van der Waals surface area contributed by atoms with Gasteiger partial charge >= 0.3 is 0 Å². The van der Waals surface area contributed by atoms with Gasteiger partial charge in [0, 0.05) is 19.5 Å². The quantitative estimate of drug-likeness (QED) is 0.557. The summed E-state index contributed by atoms with van der Waals surface area (Å²) in [5.74, 6) is 0.310. The zero-order valence-corrected chi connectivity index (χ0v) is 17.6. The van der Waals surface area contributed by atoms with Crippen LogP contribution in [0.1, 0.15) is 31.7 Å². The number of rotatable bonds is 8. The Morgan fingerprint density at radius 1 is 1.14 bits per heavy atom. The Bertz CT molecular complexity index is 960. The predicted octanol–water partition coefficient (Wildman–Crippen LogP) is 4.41. The van der Waals surface area contributed by atoms with Crippen LogP contribution < -0.4 is 5.32 Å². The molecule has 1 amide bonds. The van der Waals surface area contributed by atoms with Crippen molar-refractivity contribution in [1.82, 2.24) is 20.1 Å². The van der Waals surface area contributed by atoms with Crippen LogP contribution in [0.3, 0.4) is 0 Å². The summed E-state index contributed by atoms with van der Waals surface area (Å²) in [7, 11) is 1.78. The van der Waals surface area contributed by atoms with Crippen molar-refractivity contribution in [3.05, 3.63) is 66.0 Å². The lowest BCUT2D eigenvalue weighted by atomic mass is 9.96. The number of hydrogen-bond acceptors (Lipinski definition) is 4. The molecule has 3 aromatic rings. The van der Waals surface area contributed by atoms with Gasteiger partial charge in [0.1, 0.15) is 5.82 Å². The lowest BCUT2D eigenvalue weighted by Gasteiger charge is -2.18. The van der Waals surface area contributed by atoms with E-state index in [2.05, 4.69) is 34.6 Å². The molecule has 0 unspecified atom stereocenters. The average molecular weight is 413 g/mol. The molecular weight excluding hydrogens is 387 g/mol. The van der Waals surface area contributed by atoms with E-state index in [1.807, 2.05) is 25.1 Å². The Balaban J connectivity index is 1.62. The molecule has 0 spiro atoms. The van der Waals surface area contributed by atoms with Crippen molar-refractivity contribution in [2.75, 3.05) is 6.54 Å². The largest absolute Gasteiger partial charge is 0.355 e. The van der Waals surface area contributed by atoms with E-state index in [0.717, 1.165) is 6.42 Å². The highest BCUT2D eigenvalue weighted by Crippen LogP contribution is 2.27. The highest BCUT2D eigenvalue weighted by Gasteiger charge is 2.21. The lowest BCUT2D eigenvalue weighted by Crippen LogP contribution is -2.34. The minimum absolute atomic E-state index is 0.0557. The van der Waals surface area contributed by atoms with E-state index in [-0.39, 0.29) is 22.9 Å². The molecule has 2 atom stereocenters. The standard InChI is InChI=1S/C22H25FN4OS/c1-4-16(17-10-6-5-7-11-17)14-24-21(28)15(2)29-22-26-25-20(27(22)3)18-12-8-9-13-19(18)23/h5-13,15-16H,4,14H2,1-3H3,(H,24,28)/t15-,16-/m0/s1. The monoisotopic (exact) mass is 412 g/mol. The summed E-state index contributed by atoms with van der Waals surface area (Å²) in [4.78, 5) is 12.6. The van der Waals surface area contributed by atoms with Gasteiger partial charge in [-0.15, -0.1) is 10.2 Å². The van der Waals surface area contributed by atoms with Crippen molar-refractivity contribution in [1.29, 1.82) is 0 Å². The van der Waals surface area contributed by atoms with E-state index < -0.39 is 0 Å². The van der Waals surface area contributed by atoms with Crippen molar-refractivity contribution < 1.29 is 9.18 Å². The van der Waals surface area contributed by atoms with Crippen molar-refractivity contribution in [2.45, 2.75) is 36.6 Å². The molecule has 0 radical (unpaired) electrons. The van der Waals surface area contributed by atoms with E-state index in [1.165, 1.54) is 23.4 Å². The van der Waals surface area contributed by atoms with Gasteiger partial charge in [0.25, 0.3) is 0 Å². The summed E-state index contributed by atoms with van der Waals surface area (Å²) in [6.07, 6.45) is 0.946. The first-order valence-corrected chi connectivity index (χ1v) is 10.5. The molecule has 0 bridgehead atoms. The molecule has 0 saturated carbocycles. The van der Waals surface area contributed by atoms with Crippen molar-refractivity contribution in [3.8, 4) is 11.4 Å². The maximum atomic E-state index is 14.1. The summed E-state index contributed by atoms with van der Waals surface area (Å²) in [5.41, 5.74) is 1.61. The molecule has 3 rings (SSSR count). The average Bonchev–Trinajstić information content (AvgIpc) is 3.09. The van der Waals surface area contributed by atoms with Gasteiger partial charge in [-0.25, -0.2) is 4.39 Å². The van der Waals surface area contributed by atoms with E-state index >= 15 is 0 Å². The van der Waals surface area contributed by atoms with Crippen LogP contribution in [0.5, 0.6) is 0 Å². The van der Waals surface area contributed by atoms with Crippen LogP contribution in [0.4, 0.5) is 4.39 Å². The van der Waals surface area contributed by atoms with Gasteiger partial charge in [-0.1, -0.05) is 61.2 Å². The maximum absolute atomic E-state index is 14.1. The number of benzene rings is 2. The van der Waals surface area contributed by atoms with Crippen LogP contribution in [0.2, 0.25) is 0 Å². The second kappa shape index (κ2) is 9.69. The topological polar surface area (TPSA) is 59.8 Å². The third-order valence-corrected chi connectivity index (χ3v) is 6.02. The second-order valence-corrected chi connectivity index (χ2v) is 8.17. The zero-order valence-electron chi connectivity index (χ0n) is 16.8. The lowest BCUT2D eigenvalue weighted by molar-refractivity contribution is -0.120. The molecule has 0 aliphatic carbocycles. The minimum atomic E-state index is -0.350. The van der Waals surface area contributed by atoms with E-state index in [1.54, 1.807) is 29.8 Å². The number of halogens is 1. The molecule has 0 aliphatic rings.